The van der Waals surface area contributed by atoms with Crippen molar-refractivity contribution in [3.63, 3.8) is 0 Å². The smallest absolute Gasteiger partial charge is 0.421 e. The van der Waals surface area contributed by atoms with Crippen LogP contribution in [-0.2, 0) is 15.9 Å². The summed E-state index contributed by atoms with van der Waals surface area (Å²) in [6.07, 6.45) is -1.84. The molecule has 1 aromatic heterocycles. The maximum absolute atomic E-state index is 11.5. The van der Waals surface area contributed by atoms with E-state index >= 15 is 0 Å². The van der Waals surface area contributed by atoms with Crippen LogP contribution in [0.3, 0.4) is 0 Å². The summed E-state index contributed by atoms with van der Waals surface area (Å²) < 4.78 is 12.6. The van der Waals surface area contributed by atoms with E-state index in [9.17, 15) is 20.1 Å². The number of hydrogen-bond acceptors (Lipinski definition) is 7. The maximum Gasteiger partial charge on any atom is 0.421 e. The fourth-order valence-corrected chi connectivity index (χ4v) is 5.25. The lowest BCUT2D eigenvalue weighted by molar-refractivity contribution is -0.242. The van der Waals surface area contributed by atoms with Crippen molar-refractivity contribution in [1.82, 2.24) is 15.4 Å². The second kappa shape index (κ2) is 11.0. The molecule has 198 valence electrons. The highest BCUT2D eigenvalue weighted by Gasteiger charge is 2.44. The molecule has 0 unspecified atom stereocenters. The number of carbonyl (C=O) groups is 1. The number of hydrazine groups is 1. The zero-order chi connectivity index (χ0) is 26.1. The summed E-state index contributed by atoms with van der Waals surface area (Å²) >= 11 is 6.63. The van der Waals surface area contributed by atoms with Crippen LogP contribution in [0.1, 0.15) is 48.6 Å². The molecular weight excluding hydrogens is 498 g/mol. The number of benzene rings is 2. The van der Waals surface area contributed by atoms with Crippen LogP contribution >= 0.6 is 11.6 Å². The fraction of sp³-hybridized carbons (Fsp3) is 0.444. The minimum absolute atomic E-state index is 0.0274. The molecule has 2 aliphatic rings. The molecule has 0 radical (unpaired) electrons. The van der Waals surface area contributed by atoms with Crippen molar-refractivity contribution in [3.05, 3.63) is 70.4 Å². The van der Waals surface area contributed by atoms with Crippen LogP contribution < -0.4 is 10.9 Å². The Balaban J connectivity index is 1.41. The van der Waals surface area contributed by atoms with Gasteiger partial charge in [0.15, 0.2) is 6.23 Å². The first-order valence-corrected chi connectivity index (χ1v) is 13.0. The first-order chi connectivity index (χ1) is 17.9. The zero-order valence-electron chi connectivity index (χ0n) is 20.5. The summed E-state index contributed by atoms with van der Waals surface area (Å²) in [7, 11) is 0. The van der Waals surface area contributed by atoms with Gasteiger partial charge in [-0.25, -0.2) is 10.2 Å². The van der Waals surface area contributed by atoms with Crippen LogP contribution in [0.15, 0.2) is 48.7 Å². The molecule has 1 saturated heterocycles. The molecule has 2 aromatic carbocycles. The van der Waals surface area contributed by atoms with Crippen molar-refractivity contribution in [3.8, 4) is 0 Å². The van der Waals surface area contributed by atoms with Crippen molar-refractivity contribution < 1.29 is 29.6 Å². The Morgan fingerprint density at radius 1 is 1.11 bits per heavy atom. The zero-order valence-corrected chi connectivity index (χ0v) is 21.3. The Morgan fingerprint density at radius 3 is 2.57 bits per heavy atom. The van der Waals surface area contributed by atoms with Gasteiger partial charge in [0, 0.05) is 18.1 Å². The largest absolute Gasteiger partial charge is 0.449 e. The quantitative estimate of drug-likeness (QED) is 0.284. The molecule has 10 heteroatoms. The standard InChI is InChI=1S/C27H32ClN3O6/c1-2-36-27(35)30-29-13-21-23(32)24(33)25(34)26(37-21)31-14-18(22-19(28)4-3-5-20(22)31)12-15-6-8-16(9-7-15)17-10-11-17/h3-9,14,17,21,23-26,29,32-34H,2,10-13H2,1H3,(H,30,35)/t21-,23-,24+,25-,26-/m1/s1. The van der Waals surface area contributed by atoms with Crippen molar-refractivity contribution in [1.29, 1.82) is 0 Å². The second-order valence-electron chi connectivity index (χ2n) is 9.65. The van der Waals surface area contributed by atoms with E-state index in [1.807, 2.05) is 24.4 Å². The topological polar surface area (TPSA) is 125 Å². The molecule has 9 nitrogen and oxygen atoms in total. The average molecular weight is 530 g/mol. The molecule has 1 aliphatic carbocycles. The molecule has 3 aromatic rings. The van der Waals surface area contributed by atoms with Crippen molar-refractivity contribution in [2.45, 2.75) is 62.7 Å². The van der Waals surface area contributed by atoms with E-state index in [2.05, 4.69) is 35.1 Å². The van der Waals surface area contributed by atoms with Crippen molar-refractivity contribution in [2.75, 3.05) is 13.2 Å². The van der Waals surface area contributed by atoms with Gasteiger partial charge in [-0.2, -0.15) is 0 Å². The van der Waals surface area contributed by atoms with Gasteiger partial charge >= 0.3 is 6.09 Å². The predicted molar refractivity (Wildman–Crippen MR) is 138 cm³/mol. The summed E-state index contributed by atoms with van der Waals surface area (Å²) in [4.78, 5) is 11.5. The fourth-order valence-electron chi connectivity index (χ4n) is 4.96. The number of halogens is 1. The molecule has 1 aliphatic heterocycles. The van der Waals surface area contributed by atoms with Crippen molar-refractivity contribution in [2.24, 2.45) is 0 Å². The van der Waals surface area contributed by atoms with E-state index in [4.69, 9.17) is 21.1 Å². The molecule has 0 bridgehead atoms. The maximum atomic E-state index is 11.5. The van der Waals surface area contributed by atoms with Gasteiger partial charge < -0.3 is 29.4 Å². The summed E-state index contributed by atoms with van der Waals surface area (Å²) in [5.41, 5.74) is 9.18. The van der Waals surface area contributed by atoms with Gasteiger partial charge in [0.25, 0.3) is 0 Å². The number of aliphatic hydroxyl groups excluding tert-OH is 3. The summed E-state index contributed by atoms with van der Waals surface area (Å²) in [6.45, 7) is 1.86. The summed E-state index contributed by atoms with van der Waals surface area (Å²) in [5.74, 6) is 0.687. The molecule has 5 rings (SSSR count). The van der Waals surface area contributed by atoms with Gasteiger partial charge in [-0.3, -0.25) is 5.43 Å². The number of nitrogens with one attached hydrogen (secondary N) is 2. The third-order valence-electron chi connectivity index (χ3n) is 7.04. The number of amides is 1. The molecule has 5 atom stereocenters. The number of hydrogen-bond donors (Lipinski definition) is 5. The number of aromatic nitrogens is 1. The van der Waals surface area contributed by atoms with Crippen LogP contribution in [0.2, 0.25) is 5.02 Å². The van der Waals surface area contributed by atoms with Crippen molar-refractivity contribution >= 4 is 28.6 Å². The van der Waals surface area contributed by atoms with Crippen LogP contribution in [0.5, 0.6) is 0 Å². The minimum Gasteiger partial charge on any atom is -0.449 e. The number of ether oxygens (including phenoxy) is 2. The number of rotatable bonds is 8. The normalized spacial score (nSPS) is 25.8. The molecule has 5 N–H and O–H groups in total. The predicted octanol–water partition coefficient (Wildman–Crippen LogP) is 2.99. The molecule has 2 fully saturated rings. The first-order valence-electron chi connectivity index (χ1n) is 12.6. The molecule has 2 heterocycles. The average Bonchev–Trinajstić information content (AvgIpc) is 3.67. The molecule has 1 amide bonds. The van der Waals surface area contributed by atoms with Gasteiger partial charge in [-0.1, -0.05) is 41.9 Å². The van der Waals surface area contributed by atoms with E-state index in [1.54, 1.807) is 11.5 Å². The van der Waals surface area contributed by atoms with Gasteiger partial charge in [-0.15, -0.1) is 0 Å². The Labute approximate surface area is 219 Å². The van der Waals surface area contributed by atoms with Crippen LogP contribution in [0, 0.1) is 0 Å². The molecule has 0 spiro atoms. The number of aliphatic hydroxyl groups is 3. The summed E-state index contributed by atoms with van der Waals surface area (Å²) in [6, 6.07) is 14.2. The van der Waals surface area contributed by atoms with E-state index < -0.39 is 36.7 Å². The third kappa shape index (κ3) is 5.47. The summed E-state index contributed by atoms with van der Waals surface area (Å²) in [5, 5.41) is 33.4. The van der Waals surface area contributed by atoms with Gasteiger partial charge in [0.1, 0.15) is 24.4 Å². The van der Waals surface area contributed by atoms with Crippen LogP contribution in [-0.4, -0.2) is 63.5 Å². The monoisotopic (exact) mass is 529 g/mol. The Bertz CT molecular complexity index is 1240. The Hall–Kier alpha value is -2.66. The first kappa shape index (κ1) is 26.0. The van der Waals surface area contributed by atoms with Crippen LogP contribution in [0.4, 0.5) is 4.79 Å². The SMILES string of the molecule is CCOC(=O)NNC[C@H]1O[C@@H](n2cc(Cc3ccc(C4CC4)cc3)c3c(Cl)cccc32)[C@H](O)[C@@H](O)[C@@H]1O. The lowest BCUT2D eigenvalue weighted by Gasteiger charge is -2.41. The van der Waals surface area contributed by atoms with E-state index in [0.717, 1.165) is 22.0 Å². The van der Waals surface area contributed by atoms with Gasteiger partial charge in [0.05, 0.1) is 17.1 Å². The number of nitrogens with zero attached hydrogens (tertiary/aromatic N) is 1. The molecule has 37 heavy (non-hydrogen) atoms. The van der Waals surface area contributed by atoms with Gasteiger partial charge in [0.2, 0.25) is 0 Å². The lowest BCUT2D eigenvalue weighted by Crippen LogP contribution is -2.59. The van der Waals surface area contributed by atoms with Crippen LogP contribution in [0.25, 0.3) is 10.9 Å². The van der Waals surface area contributed by atoms with E-state index in [-0.39, 0.29) is 13.2 Å². The minimum atomic E-state index is -1.47. The highest BCUT2D eigenvalue weighted by molar-refractivity contribution is 6.35. The lowest BCUT2D eigenvalue weighted by atomic mass is 9.98. The number of carbonyl (C=O) groups excluding carboxylic acids is 1. The number of fused-ring (bicyclic) bond motifs is 1. The van der Waals surface area contributed by atoms with E-state index in [1.165, 1.54) is 18.4 Å². The Kier molecular flexibility index (Phi) is 7.71. The molecular formula is C27H32ClN3O6. The highest BCUT2D eigenvalue weighted by atomic mass is 35.5. The highest BCUT2D eigenvalue weighted by Crippen LogP contribution is 2.40. The van der Waals surface area contributed by atoms with E-state index in [0.29, 0.717) is 17.4 Å². The third-order valence-corrected chi connectivity index (χ3v) is 7.35. The second-order valence-corrected chi connectivity index (χ2v) is 10.1. The Morgan fingerprint density at radius 2 is 1.86 bits per heavy atom. The molecule has 1 saturated carbocycles. The van der Waals surface area contributed by atoms with Gasteiger partial charge in [-0.05, 0) is 60.9 Å².